The van der Waals surface area contributed by atoms with Gasteiger partial charge in [-0.2, -0.15) is 0 Å². The number of hydrogen-bond acceptors (Lipinski definition) is 7. The molecule has 1 aliphatic carbocycles. The Morgan fingerprint density at radius 1 is 1.48 bits per heavy atom. The minimum atomic E-state index is -1.55. The second-order valence-corrected chi connectivity index (χ2v) is 5.20. The first-order valence-electron chi connectivity index (χ1n) is 6.64. The predicted octanol–water partition coefficient (Wildman–Crippen LogP) is -1.85. The van der Waals surface area contributed by atoms with Crippen molar-refractivity contribution in [3.8, 4) is 0 Å². The molecule has 0 heterocycles. The van der Waals surface area contributed by atoms with Crippen molar-refractivity contribution in [3.63, 3.8) is 0 Å². The maximum atomic E-state index is 11.9. The highest BCUT2D eigenvalue weighted by molar-refractivity contribution is 5.95. The monoisotopic (exact) mass is 302 g/mol. The number of aliphatic hydroxyl groups is 3. The molecule has 0 aromatic heterocycles. The number of amides is 1. The van der Waals surface area contributed by atoms with E-state index in [0.717, 1.165) is 0 Å². The van der Waals surface area contributed by atoms with Gasteiger partial charge in [-0.15, -0.1) is 0 Å². The van der Waals surface area contributed by atoms with Crippen molar-refractivity contribution in [2.75, 3.05) is 20.3 Å². The Morgan fingerprint density at radius 2 is 2.14 bits per heavy atom. The second kappa shape index (κ2) is 7.39. The topological polar surface area (TPSA) is 142 Å². The van der Waals surface area contributed by atoms with Gasteiger partial charge < -0.3 is 31.1 Å². The van der Waals surface area contributed by atoms with Crippen molar-refractivity contribution in [2.24, 2.45) is 5.73 Å². The van der Waals surface area contributed by atoms with Crippen LogP contribution in [0.25, 0.3) is 0 Å². The van der Waals surface area contributed by atoms with Gasteiger partial charge in [-0.1, -0.05) is 0 Å². The van der Waals surface area contributed by atoms with E-state index in [1.165, 1.54) is 7.11 Å². The Balaban J connectivity index is 2.88. The Kier molecular flexibility index (Phi) is 6.13. The lowest BCUT2D eigenvalue weighted by atomic mass is 9.86. The predicted molar refractivity (Wildman–Crippen MR) is 72.7 cm³/mol. The lowest BCUT2D eigenvalue weighted by molar-refractivity contribution is -0.127. The number of hydrogen-bond donors (Lipinski definition) is 5. The fourth-order valence-corrected chi connectivity index (χ4v) is 2.26. The summed E-state index contributed by atoms with van der Waals surface area (Å²) in [4.78, 5) is 22.7. The third kappa shape index (κ3) is 4.69. The van der Waals surface area contributed by atoms with Crippen LogP contribution in [-0.2, 0) is 14.3 Å². The molecule has 2 atom stereocenters. The van der Waals surface area contributed by atoms with Crippen LogP contribution in [0, 0.1) is 0 Å². The molecule has 0 saturated heterocycles. The molecular formula is C13H22N2O6. The van der Waals surface area contributed by atoms with Crippen molar-refractivity contribution < 1.29 is 29.6 Å². The van der Waals surface area contributed by atoms with Crippen LogP contribution in [0.3, 0.4) is 0 Å². The fourth-order valence-electron chi connectivity index (χ4n) is 2.26. The fraction of sp³-hybridized carbons (Fsp3) is 0.692. The molecule has 0 saturated carbocycles. The summed E-state index contributed by atoms with van der Waals surface area (Å²) in [6.07, 6.45) is 0.110. The van der Waals surface area contributed by atoms with Gasteiger partial charge in [-0.3, -0.25) is 9.59 Å². The Hall–Kier alpha value is -1.64. The lowest BCUT2D eigenvalue weighted by Gasteiger charge is -2.33. The highest BCUT2D eigenvalue weighted by Crippen LogP contribution is 2.29. The molecule has 1 aliphatic rings. The standard InChI is InChI=1S/C13H22N2O6/c1-21-12-9(4-13(20,7-17)5-10(12)18)15-8(6-16)2-3-11(14)19/h8,15-17,20H,2-7H2,1H3,(H2,14,19). The van der Waals surface area contributed by atoms with Crippen LogP contribution in [0.2, 0.25) is 0 Å². The summed E-state index contributed by atoms with van der Waals surface area (Å²) in [6, 6.07) is -0.508. The van der Waals surface area contributed by atoms with Crippen LogP contribution >= 0.6 is 0 Å². The Labute approximate surface area is 122 Å². The molecule has 1 rings (SSSR count). The first kappa shape index (κ1) is 17.4. The number of primary amides is 1. The van der Waals surface area contributed by atoms with Crippen molar-refractivity contribution >= 4 is 11.7 Å². The lowest BCUT2D eigenvalue weighted by Crippen LogP contribution is -2.45. The molecule has 120 valence electrons. The smallest absolute Gasteiger partial charge is 0.217 e. The van der Waals surface area contributed by atoms with Crippen LogP contribution in [0.4, 0.5) is 0 Å². The molecule has 0 fully saturated rings. The van der Waals surface area contributed by atoms with E-state index >= 15 is 0 Å². The summed E-state index contributed by atoms with van der Waals surface area (Å²) in [5, 5.41) is 31.5. The van der Waals surface area contributed by atoms with E-state index in [4.69, 9.17) is 10.5 Å². The van der Waals surface area contributed by atoms with Gasteiger partial charge in [0.05, 0.1) is 26.0 Å². The summed E-state index contributed by atoms with van der Waals surface area (Å²) in [7, 11) is 1.33. The Morgan fingerprint density at radius 3 is 2.62 bits per heavy atom. The van der Waals surface area contributed by atoms with Crippen molar-refractivity contribution in [2.45, 2.75) is 37.3 Å². The zero-order valence-electron chi connectivity index (χ0n) is 12.0. The number of carbonyl (C=O) groups is 2. The summed E-state index contributed by atoms with van der Waals surface area (Å²) in [5.74, 6) is -0.872. The maximum Gasteiger partial charge on any atom is 0.217 e. The minimum Gasteiger partial charge on any atom is -0.491 e. The van der Waals surface area contributed by atoms with Gasteiger partial charge in [-0.05, 0) is 6.42 Å². The molecule has 0 radical (unpaired) electrons. The number of allylic oxidation sites excluding steroid dienone is 1. The molecule has 0 aromatic carbocycles. The number of aliphatic hydroxyl groups excluding tert-OH is 2. The van der Waals surface area contributed by atoms with E-state index in [2.05, 4.69) is 5.32 Å². The van der Waals surface area contributed by atoms with E-state index in [0.29, 0.717) is 5.70 Å². The van der Waals surface area contributed by atoms with E-state index < -0.39 is 29.9 Å². The number of ether oxygens (including phenoxy) is 1. The molecule has 8 nitrogen and oxygen atoms in total. The van der Waals surface area contributed by atoms with Crippen LogP contribution in [0.1, 0.15) is 25.7 Å². The molecule has 1 amide bonds. The molecular weight excluding hydrogens is 280 g/mol. The van der Waals surface area contributed by atoms with Crippen molar-refractivity contribution in [1.82, 2.24) is 5.32 Å². The van der Waals surface area contributed by atoms with Crippen molar-refractivity contribution in [3.05, 3.63) is 11.5 Å². The normalized spacial score (nSPS) is 23.9. The number of rotatable bonds is 8. The van der Waals surface area contributed by atoms with Crippen LogP contribution in [0.5, 0.6) is 0 Å². The third-order valence-electron chi connectivity index (χ3n) is 3.36. The third-order valence-corrected chi connectivity index (χ3v) is 3.36. The zero-order chi connectivity index (χ0) is 16.0. The summed E-state index contributed by atoms with van der Waals surface area (Å²) in [6.45, 7) is -0.842. The number of Topliss-reactive ketones (excluding diaryl/α,β-unsaturated/α-hetero) is 1. The molecule has 6 N–H and O–H groups in total. The Bertz CT molecular complexity index is 436. The summed E-state index contributed by atoms with van der Waals surface area (Å²) < 4.78 is 5.03. The van der Waals surface area contributed by atoms with Crippen molar-refractivity contribution in [1.29, 1.82) is 0 Å². The summed E-state index contributed by atoms with van der Waals surface area (Å²) in [5.41, 5.74) is 3.81. The molecule has 0 bridgehead atoms. The minimum absolute atomic E-state index is 0.00845. The summed E-state index contributed by atoms with van der Waals surface area (Å²) >= 11 is 0. The van der Waals surface area contributed by atoms with Gasteiger partial charge in [-0.25, -0.2) is 0 Å². The molecule has 21 heavy (non-hydrogen) atoms. The first-order valence-corrected chi connectivity index (χ1v) is 6.64. The highest BCUT2D eigenvalue weighted by atomic mass is 16.5. The average Bonchev–Trinajstić information content (AvgIpc) is 2.42. The van der Waals surface area contributed by atoms with Gasteiger partial charge in [0.1, 0.15) is 5.60 Å². The number of nitrogens with one attached hydrogen (secondary N) is 1. The van der Waals surface area contributed by atoms with E-state index in [9.17, 15) is 24.9 Å². The van der Waals surface area contributed by atoms with Gasteiger partial charge in [0, 0.05) is 25.3 Å². The molecule has 2 unspecified atom stereocenters. The first-order chi connectivity index (χ1) is 9.85. The number of nitrogens with two attached hydrogens (primary N) is 1. The second-order valence-electron chi connectivity index (χ2n) is 5.20. The van der Waals surface area contributed by atoms with Crippen LogP contribution in [0.15, 0.2) is 11.5 Å². The van der Waals surface area contributed by atoms with Gasteiger partial charge in [0.2, 0.25) is 11.7 Å². The largest absolute Gasteiger partial charge is 0.491 e. The molecule has 0 aromatic rings. The SMILES string of the molecule is COC1=C(NC(CO)CCC(N)=O)CC(O)(CO)CC1=O. The van der Waals surface area contributed by atoms with Crippen LogP contribution in [-0.4, -0.2) is 59.0 Å². The molecule has 8 heteroatoms. The van der Waals surface area contributed by atoms with E-state index in [1.54, 1.807) is 0 Å². The maximum absolute atomic E-state index is 11.9. The highest BCUT2D eigenvalue weighted by Gasteiger charge is 2.39. The number of ketones is 1. The molecule has 0 aliphatic heterocycles. The van der Waals surface area contributed by atoms with Gasteiger partial charge >= 0.3 is 0 Å². The van der Waals surface area contributed by atoms with Gasteiger partial charge in [0.25, 0.3) is 0 Å². The number of methoxy groups -OCH3 is 1. The zero-order valence-corrected chi connectivity index (χ0v) is 12.0. The van der Waals surface area contributed by atoms with E-state index in [-0.39, 0.29) is 38.0 Å². The quantitative estimate of drug-likeness (QED) is 0.354. The average molecular weight is 302 g/mol. The van der Waals surface area contributed by atoms with Gasteiger partial charge in [0.15, 0.2) is 5.76 Å². The van der Waals surface area contributed by atoms with Crippen LogP contribution < -0.4 is 11.1 Å². The van der Waals surface area contributed by atoms with E-state index in [1.807, 2.05) is 0 Å². The number of carbonyl (C=O) groups excluding carboxylic acids is 2. The molecule has 0 spiro atoms.